The Bertz CT molecular complexity index is 1560. The molecule has 0 saturated carbocycles. The number of anilines is 1. The summed E-state index contributed by atoms with van der Waals surface area (Å²) < 4.78 is 49.9. The molecular weight excluding hydrogens is 524 g/mol. The molecule has 0 saturated heterocycles. The van der Waals surface area contributed by atoms with Gasteiger partial charge in [0.15, 0.2) is 5.82 Å². The van der Waals surface area contributed by atoms with E-state index in [1.807, 2.05) is 4.68 Å². The van der Waals surface area contributed by atoms with E-state index in [2.05, 4.69) is 30.0 Å². The number of fused-ring (bicyclic) bond motifs is 1. The third kappa shape index (κ3) is 4.75. The van der Waals surface area contributed by atoms with E-state index in [4.69, 9.17) is 14.2 Å². The van der Waals surface area contributed by atoms with Crippen molar-refractivity contribution in [2.75, 3.05) is 26.1 Å². The summed E-state index contributed by atoms with van der Waals surface area (Å²) in [6.07, 6.45) is 6.48. The highest BCUT2D eigenvalue weighted by atomic mass is 32.2. The van der Waals surface area contributed by atoms with E-state index >= 15 is 0 Å². The normalized spacial score (nSPS) is 14.5. The summed E-state index contributed by atoms with van der Waals surface area (Å²) in [5, 5.41) is 12.3. The van der Waals surface area contributed by atoms with E-state index in [0.717, 1.165) is 30.6 Å². The van der Waals surface area contributed by atoms with Crippen LogP contribution < -0.4 is 18.9 Å². The highest BCUT2D eigenvalue weighted by Crippen LogP contribution is 2.39. The van der Waals surface area contributed by atoms with Crippen molar-refractivity contribution in [1.29, 1.82) is 0 Å². The maximum Gasteiger partial charge on any atom is 0.243 e. The van der Waals surface area contributed by atoms with Crippen molar-refractivity contribution in [3.63, 3.8) is 0 Å². The van der Waals surface area contributed by atoms with Gasteiger partial charge in [0.1, 0.15) is 17.2 Å². The molecule has 1 aliphatic rings. The van der Waals surface area contributed by atoms with Crippen LogP contribution >= 0.6 is 0 Å². The molecule has 13 nitrogen and oxygen atoms in total. The minimum Gasteiger partial charge on any atom is -0.494 e. The second-order valence-corrected chi connectivity index (χ2v) is 11.2. The Balaban J connectivity index is 1.59. The second kappa shape index (κ2) is 10.5. The number of methoxy groups -OCH3 is 3. The number of aromatic nitrogens is 7. The quantitative estimate of drug-likeness (QED) is 0.310. The molecule has 2 atom stereocenters. The third-order valence-corrected chi connectivity index (χ3v) is 8.87. The Morgan fingerprint density at radius 1 is 0.974 bits per heavy atom. The highest BCUT2D eigenvalue weighted by molar-refractivity contribution is 7.93. The van der Waals surface area contributed by atoms with Gasteiger partial charge in [-0.05, 0) is 31.9 Å². The minimum atomic E-state index is -3.99. The lowest BCUT2D eigenvalue weighted by Gasteiger charge is -2.21. The van der Waals surface area contributed by atoms with E-state index in [1.54, 1.807) is 42.8 Å². The number of rotatable bonds is 10. The molecule has 0 amide bonds. The molecule has 5 rings (SSSR count). The summed E-state index contributed by atoms with van der Waals surface area (Å²) in [4.78, 5) is 8.47. The molecule has 2 unspecified atom stereocenters. The largest absolute Gasteiger partial charge is 0.494 e. The van der Waals surface area contributed by atoms with E-state index in [9.17, 15) is 8.42 Å². The molecule has 0 spiro atoms. The van der Waals surface area contributed by atoms with Crippen molar-refractivity contribution >= 4 is 16.0 Å². The number of ether oxygens (including phenoxy) is 3. The van der Waals surface area contributed by atoms with Gasteiger partial charge in [0.2, 0.25) is 21.9 Å². The molecule has 0 fully saturated rings. The van der Waals surface area contributed by atoms with Crippen LogP contribution in [0, 0.1) is 0 Å². The smallest absolute Gasteiger partial charge is 0.243 e. The maximum absolute atomic E-state index is 13.7. The fourth-order valence-electron chi connectivity index (χ4n) is 4.63. The van der Waals surface area contributed by atoms with Gasteiger partial charge < -0.3 is 14.2 Å². The highest BCUT2D eigenvalue weighted by Gasteiger charge is 2.33. The molecule has 1 aliphatic heterocycles. The third-order valence-electron chi connectivity index (χ3n) is 7.01. The lowest BCUT2D eigenvalue weighted by atomic mass is 10.1. The topological polar surface area (TPSA) is 148 Å². The lowest BCUT2D eigenvalue weighted by Crippen LogP contribution is -2.31. The predicted octanol–water partition coefficient (Wildman–Crippen LogP) is 2.83. The Hall–Kier alpha value is -4.20. The number of hydrogen-bond donors (Lipinski definition) is 1. The summed E-state index contributed by atoms with van der Waals surface area (Å²) in [7, 11) is 0.564. The van der Waals surface area contributed by atoms with Crippen LogP contribution in [0.25, 0.3) is 17.1 Å². The Labute approximate surface area is 226 Å². The zero-order valence-electron chi connectivity index (χ0n) is 22.3. The maximum atomic E-state index is 13.7. The first kappa shape index (κ1) is 26.4. The van der Waals surface area contributed by atoms with Crippen molar-refractivity contribution in [1.82, 2.24) is 34.5 Å². The monoisotopic (exact) mass is 554 g/mol. The number of sulfonamides is 1. The van der Waals surface area contributed by atoms with Crippen LogP contribution in [0.2, 0.25) is 0 Å². The van der Waals surface area contributed by atoms with Gasteiger partial charge in [-0.15, -0.1) is 10.2 Å². The van der Waals surface area contributed by atoms with E-state index in [1.165, 1.54) is 33.7 Å². The summed E-state index contributed by atoms with van der Waals surface area (Å²) >= 11 is 0. The van der Waals surface area contributed by atoms with Crippen LogP contribution in [0.4, 0.5) is 5.95 Å². The van der Waals surface area contributed by atoms with Crippen LogP contribution in [0.5, 0.6) is 17.4 Å². The van der Waals surface area contributed by atoms with Crippen molar-refractivity contribution < 1.29 is 22.6 Å². The molecule has 0 aliphatic carbocycles. The van der Waals surface area contributed by atoms with Crippen molar-refractivity contribution in [2.24, 2.45) is 0 Å². The van der Waals surface area contributed by atoms with Crippen LogP contribution in [0.15, 0.2) is 36.8 Å². The SMILES string of the molecule is COc1cnc(C(C)C(C)S(=O)(=O)Nc2nnc(-c3cnn4c3CCC4)n2-c2c(OC)cccc2OC)cn1. The van der Waals surface area contributed by atoms with Crippen molar-refractivity contribution in [2.45, 2.75) is 44.4 Å². The number of aryl methyl sites for hydroxylation is 1. The standard InChI is InChI=1S/C25H30N8O5S/c1-15(18-13-27-22(38-5)14-26-18)16(2)39(34,35)31-25-30-29-24(17-12-28-32-11-7-8-19(17)32)33(25)23-20(36-3)9-6-10-21(23)37-4/h6,9-10,12-16H,7-8,11H2,1-5H3,(H,30,31). The van der Waals surface area contributed by atoms with E-state index < -0.39 is 21.2 Å². The molecule has 4 aromatic rings. The molecule has 0 radical (unpaired) electrons. The number of para-hydroxylation sites is 1. The predicted molar refractivity (Wildman–Crippen MR) is 143 cm³/mol. The average Bonchev–Trinajstić information content (AvgIpc) is 3.68. The molecular formula is C25H30N8O5S. The number of nitrogens with one attached hydrogen (secondary N) is 1. The van der Waals surface area contributed by atoms with Crippen LogP contribution in [-0.4, -0.2) is 69.5 Å². The molecule has 1 N–H and O–H groups in total. The number of hydrogen-bond acceptors (Lipinski definition) is 10. The molecule has 3 aromatic heterocycles. The van der Waals surface area contributed by atoms with Gasteiger partial charge in [0.05, 0.1) is 56.4 Å². The Morgan fingerprint density at radius 3 is 2.36 bits per heavy atom. The van der Waals surface area contributed by atoms with Crippen LogP contribution in [-0.2, 0) is 23.0 Å². The molecule has 4 heterocycles. The molecule has 0 bridgehead atoms. The Kier molecular flexibility index (Phi) is 7.12. The number of benzene rings is 1. The molecule has 14 heteroatoms. The zero-order chi connectivity index (χ0) is 27.7. The Morgan fingerprint density at radius 2 is 1.72 bits per heavy atom. The van der Waals surface area contributed by atoms with Gasteiger partial charge in [-0.2, -0.15) is 5.10 Å². The van der Waals surface area contributed by atoms with Gasteiger partial charge in [0.25, 0.3) is 0 Å². The van der Waals surface area contributed by atoms with Crippen molar-refractivity contribution in [3.8, 4) is 34.5 Å². The van der Waals surface area contributed by atoms with E-state index in [0.29, 0.717) is 34.6 Å². The summed E-state index contributed by atoms with van der Waals surface area (Å²) in [6.45, 7) is 4.19. The minimum absolute atomic E-state index is 0.00869. The average molecular weight is 555 g/mol. The van der Waals surface area contributed by atoms with Gasteiger partial charge in [-0.1, -0.05) is 13.0 Å². The first-order valence-electron chi connectivity index (χ1n) is 12.4. The second-order valence-electron chi connectivity index (χ2n) is 9.15. The molecule has 1 aromatic carbocycles. The molecule has 39 heavy (non-hydrogen) atoms. The summed E-state index contributed by atoms with van der Waals surface area (Å²) in [6, 6.07) is 5.30. The summed E-state index contributed by atoms with van der Waals surface area (Å²) in [5.41, 5.74) is 2.73. The fraction of sp³-hybridized carbons (Fsp3) is 0.400. The van der Waals surface area contributed by atoms with Gasteiger partial charge in [-0.25, -0.2) is 13.4 Å². The molecule has 206 valence electrons. The number of nitrogens with zero attached hydrogens (tertiary/aromatic N) is 7. The van der Waals surface area contributed by atoms with Gasteiger partial charge >= 0.3 is 0 Å². The van der Waals surface area contributed by atoms with Gasteiger partial charge in [-0.3, -0.25) is 19.0 Å². The lowest BCUT2D eigenvalue weighted by molar-refractivity contribution is 0.391. The first-order valence-corrected chi connectivity index (χ1v) is 13.9. The zero-order valence-corrected chi connectivity index (χ0v) is 23.1. The van der Waals surface area contributed by atoms with Crippen molar-refractivity contribution in [3.05, 3.63) is 48.2 Å². The van der Waals surface area contributed by atoms with E-state index in [-0.39, 0.29) is 5.95 Å². The fourth-order valence-corrected chi connectivity index (χ4v) is 5.88. The van der Waals surface area contributed by atoms with Crippen LogP contribution in [0.1, 0.15) is 37.6 Å². The van der Waals surface area contributed by atoms with Crippen LogP contribution in [0.3, 0.4) is 0 Å². The first-order chi connectivity index (χ1) is 18.8. The van der Waals surface area contributed by atoms with Gasteiger partial charge in [0, 0.05) is 18.2 Å². The summed E-state index contributed by atoms with van der Waals surface area (Å²) in [5.74, 6) is 1.17.